The molecule has 1 aromatic rings. The van der Waals surface area contributed by atoms with Crippen LogP contribution in [0.2, 0.25) is 0 Å². The van der Waals surface area contributed by atoms with E-state index in [1.54, 1.807) is 12.2 Å². The minimum Gasteiger partial charge on any atom is -0.362 e. The van der Waals surface area contributed by atoms with E-state index >= 15 is 0 Å². The Labute approximate surface area is 100 Å². The molecule has 0 amide bonds. The molecule has 0 saturated heterocycles. The van der Waals surface area contributed by atoms with Crippen LogP contribution in [0.1, 0.15) is 12.0 Å². The molecule has 2 rings (SSSR count). The van der Waals surface area contributed by atoms with Crippen molar-refractivity contribution in [1.29, 1.82) is 0 Å². The quantitative estimate of drug-likeness (QED) is 0.635. The molecule has 1 aromatic carbocycles. The average Bonchev–Trinajstić information content (AvgIpc) is 2.39. The summed E-state index contributed by atoms with van der Waals surface area (Å²) in [4.78, 5) is 10.5. The fraction of sp³-hybridized carbons (Fsp3) is 0.214. The number of carbonyl (C=O) groups excluding carboxylic acids is 1. The zero-order valence-corrected chi connectivity index (χ0v) is 9.37. The maximum absolute atomic E-state index is 10.5. The topological polar surface area (TPSA) is 46.5 Å². The Morgan fingerprint density at radius 1 is 1.35 bits per heavy atom. The summed E-state index contributed by atoms with van der Waals surface area (Å²) in [7, 11) is 0. The number of aliphatic hydroxyl groups is 1. The fourth-order valence-corrected chi connectivity index (χ4v) is 1.60. The number of ether oxygens (including phenoxy) is 1. The second-order valence-corrected chi connectivity index (χ2v) is 3.98. The highest BCUT2D eigenvalue weighted by Gasteiger charge is 2.25. The normalized spacial score (nSPS) is 23.2. The number of aldehydes is 1. The van der Waals surface area contributed by atoms with Crippen molar-refractivity contribution in [2.45, 2.75) is 18.8 Å². The van der Waals surface area contributed by atoms with E-state index in [-0.39, 0.29) is 0 Å². The summed E-state index contributed by atoms with van der Waals surface area (Å²) >= 11 is 0. The van der Waals surface area contributed by atoms with Crippen LogP contribution in [0.15, 0.2) is 54.1 Å². The van der Waals surface area contributed by atoms with Crippen molar-refractivity contribution < 1.29 is 14.6 Å². The zero-order chi connectivity index (χ0) is 12.1. The molecule has 1 unspecified atom stereocenters. The molecule has 0 radical (unpaired) electrons. The first-order chi connectivity index (χ1) is 8.22. The van der Waals surface area contributed by atoms with Gasteiger partial charge in [0.15, 0.2) is 5.79 Å². The van der Waals surface area contributed by atoms with Crippen LogP contribution < -0.4 is 0 Å². The van der Waals surface area contributed by atoms with Gasteiger partial charge in [0.1, 0.15) is 6.29 Å². The predicted molar refractivity (Wildman–Crippen MR) is 64.1 cm³/mol. The van der Waals surface area contributed by atoms with Crippen LogP contribution in [-0.2, 0) is 16.1 Å². The third-order valence-corrected chi connectivity index (χ3v) is 2.63. The van der Waals surface area contributed by atoms with Gasteiger partial charge < -0.3 is 9.84 Å². The van der Waals surface area contributed by atoms with Crippen LogP contribution in [-0.4, -0.2) is 17.2 Å². The van der Waals surface area contributed by atoms with Crippen molar-refractivity contribution in [3.63, 3.8) is 0 Å². The molecular weight excluding hydrogens is 216 g/mol. The summed E-state index contributed by atoms with van der Waals surface area (Å²) in [5.74, 6) is -1.30. The van der Waals surface area contributed by atoms with E-state index in [0.717, 1.165) is 11.8 Å². The third-order valence-electron chi connectivity index (χ3n) is 2.63. The molecule has 1 atom stereocenters. The van der Waals surface area contributed by atoms with Gasteiger partial charge >= 0.3 is 0 Å². The predicted octanol–water partition coefficient (Wildman–Crippen LogP) is 1.98. The summed E-state index contributed by atoms with van der Waals surface area (Å²) in [5, 5.41) is 10.1. The smallest absolute Gasteiger partial charge is 0.189 e. The number of hydrogen-bond acceptors (Lipinski definition) is 3. The van der Waals surface area contributed by atoms with Crippen LogP contribution in [0.25, 0.3) is 0 Å². The minimum absolute atomic E-state index is 0.296. The van der Waals surface area contributed by atoms with Crippen LogP contribution in [0.5, 0.6) is 0 Å². The maximum atomic E-state index is 10.5. The number of rotatable bonds is 4. The van der Waals surface area contributed by atoms with Crippen molar-refractivity contribution in [2.75, 3.05) is 0 Å². The van der Waals surface area contributed by atoms with Crippen molar-refractivity contribution >= 4 is 6.29 Å². The lowest BCUT2D eigenvalue weighted by Gasteiger charge is -2.26. The van der Waals surface area contributed by atoms with Crippen LogP contribution >= 0.6 is 0 Å². The van der Waals surface area contributed by atoms with Crippen LogP contribution in [0.3, 0.4) is 0 Å². The van der Waals surface area contributed by atoms with Gasteiger partial charge in [0, 0.05) is 12.0 Å². The monoisotopic (exact) mass is 230 g/mol. The molecule has 0 heterocycles. The lowest BCUT2D eigenvalue weighted by atomic mass is 10.0. The van der Waals surface area contributed by atoms with Gasteiger partial charge in [0.05, 0.1) is 6.61 Å². The van der Waals surface area contributed by atoms with E-state index in [0.29, 0.717) is 18.6 Å². The summed E-state index contributed by atoms with van der Waals surface area (Å²) < 4.78 is 5.46. The molecule has 1 N–H and O–H groups in total. The van der Waals surface area contributed by atoms with E-state index in [4.69, 9.17) is 4.74 Å². The highest BCUT2D eigenvalue weighted by molar-refractivity contribution is 5.77. The molecule has 0 saturated carbocycles. The van der Waals surface area contributed by atoms with Crippen LogP contribution in [0.4, 0.5) is 0 Å². The van der Waals surface area contributed by atoms with Gasteiger partial charge in [-0.05, 0) is 11.6 Å². The molecule has 88 valence electrons. The highest BCUT2D eigenvalue weighted by Crippen LogP contribution is 2.22. The van der Waals surface area contributed by atoms with Gasteiger partial charge in [-0.2, -0.15) is 0 Å². The first kappa shape index (κ1) is 11.8. The molecule has 0 aliphatic heterocycles. The van der Waals surface area contributed by atoms with E-state index in [2.05, 4.69) is 0 Å². The lowest BCUT2D eigenvalue weighted by Crippen LogP contribution is -2.30. The molecule has 0 fully saturated rings. The Morgan fingerprint density at radius 3 is 2.71 bits per heavy atom. The molecule has 1 aliphatic rings. The number of carbonyl (C=O) groups is 1. The Hall–Kier alpha value is -1.71. The standard InChI is InChI=1S/C14H14O3/c15-10-12-6-8-14(16,9-7-12)17-11-13-4-2-1-3-5-13/h1-8,10,16H,9,11H2. The average molecular weight is 230 g/mol. The van der Waals surface area contributed by atoms with Crippen molar-refractivity contribution in [3.05, 3.63) is 59.7 Å². The summed E-state index contributed by atoms with van der Waals surface area (Å²) in [6.07, 6.45) is 5.80. The second kappa shape index (κ2) is 5.08. The van der Waals surface area contributed by atoms with Gasteiger partial charge in [0.2, 0.25) is 0 Å². The van der Waals surface area contributed by atoms with Crippen molar-refractivity contribution in [2.24, 2.45) is 0 Å². The van der Waals surface area contributed by atoms with E-state index in [9.17, 15) is 9.90 Å². The van der Waals surface area contributed by atoms with Crippen LogP contribution in [0, 0.1) is 0 Å². The van der Waals surface area contributed by atoms with Crippen molar-refractivity contribution in [3.8, 4) is 0 Å². The second-order valence-electron chi connectivity index (χ2n) is 3.98. The van der Waals surface area contributed by atoms with E-state index in [1.807, 2.05) is 30.3 Å². The zero-order valence-electron chi connectivity index (χ0n) is 9.37. The fourth-order valence-electron chi connectivity index (χ4n) is 1.60. The molecule has 0 aromatic heterocycles. The number of hydrogen-bond donors (Lipinski definition) is 1. The Kier molecular flexibility index (Phi) is 3.52. The summed E-state index contributed by atoms with van der Waals surface area (Å²) in [6.45, 7) is 0.339. The molecule has 3 nitrogen and oxygen atoms in total. The molecule has 3 heteroatoms. The molecule has 17 heavy (non-hydrogen) atoms. The third kappa shape index (κ3) is 3.12. The molecular formula is C14H14O3. The highest BCUT2D eigenvalue weighted by atomic mass is 16.6. The Morgan fingerprint density at radius 2 is 2.12 bits per heavy atom. The van der Waals surface area contributed by atoms with E-state index in [1.165, 1.54) is 6.08 Å². The van der Waals surface area contributed by atoms with Gasteiger partial charge in [-0.15, -0.1) is 0 Å². The summed E-state index contributed by atoms with van der Waals surface area (Å²) in [6, 6.07) is 9.64. The van der Waals surface area contributed by atoms with E-state index < -0.39 is 5.79 Å². The van der Waals surface area contributed by atoms with Gasteiger partial charge in [0.25, 0.3) is 0 Å². The molecule has 0 spiro atoms. The number of allylic oxidation sites excluding steroid dienone is 2. The maximum Gasteiger partial charge on any atom is 0.189 e. The Balaban J connectivity index is 1.94. The summed E-state index contributed by atoms with van der Waals surface area (Å²) in [5.41, 5.74) is 1.57. The largest absolute Gasteiger partial charge is 0.362 e. The van der Waals surface area contributed by atoms with Crippen molar-refractivity contribution in [1.82, 2.24) is 0 Å². The SMILES string of the molecule is O=CC1=CCC(O)(OCc2ccccc2)C=C1. The first-order valence-electron chi connectivity index (χ1n) is 5.47. The van der Waals surface area contributed by atoms with Gasteiger partial charge in [-0.25, -0.2) is 0 Å². The molecule has 0 bridgehead atoms. The minimum atomic E-state index is -1.30. The lowest BCUT2D eigenvalue weighted by molar-refractivity contribution is -0.172. The van der Waals surface area contributed by atoms with Gasteiger partial charge in [-0.1, -0.05) is 42.5 Å². The number of benzene rings is 1. The van der Waals surface area contributed by atoms with Gasteiger partial charge in [-0.3, -0.25) is 4.79 Å². The first-order valence-corrected chi connectivity index (χ1v) is 5.47. The Bertz CT molecular complexity index is 448. The molecule has 1 aliphatic carbocycles.